The van der Waals surface area contributed by atoms with Gasteiger partial charge in [0.25, 0.3) is 0 Å². The Hall–Kier alpha value is -2.49. The fraction of sp³-hybridized carbons (Fsp3) is 0.278. The molecule has 0 saturated heterocycles. The number of methoxy groups -OCH3 is 1. The van der Waals surface area contributed by atoms with Crippen LogP contribution in [0.3, 0.4) is 0 Å². The molecule has 0 aromatic heterocycles. The Morgan fingerprint density at radius 3 is 2.64 bits per heavy atom. The molecule has 2 rings (SSSR count). The molecule has 0 aliphatic carbocycles. The van der Waals surface area contributed by atoms with E-state index in [2.05, 4.69) is 5.32 Å². The minimum atomic E-state index is -0.342. The van der Waals surface area contributed by atoms with Gasteiger partial charge in [0.05, 0.1) is 12.7 Å². The number of anilines is 1. The van der Waals surface area contributed by atoms with Crippen molar-refractivity contribution < 1.29 is 14.3 Å². The average Bonchev–Trinajstić information content (AvgIpc) is 2.53. The maximum Gasteiger partial charge on any atom is 0.339 e. The molecule has 2 aromatic carbocycles. The number of esters is 1. The summed E-state index contributed by atoms with van der Waals surface area (Å²) in [6, 6.07) is 13.5. The topological polar surface area (TPSA) is 47.6 Å². The van der Waals surface area contributed by atoms with Crippen molar-refractivity contribution in [2.45, 2.75) is 13.8 Å². The van der Waals surface area contributed by atoms with Crippen LogP contribution in [0.5, 0.6) is 5.75 Å². The van der Waals surface area contributed by atoms with Crippen molar-refractivity contribution in [3.05, 3.63) is 59.2 Å². The standard InChI is InChI=1S/C18H21NO3/c1-13-8-9-16(15(12-13)18(20)21-3)19-10-11-22-17-7-5-4-6-14(17)2/h4-9,12,19H,10-11H2,1-3H3. The van der Waals surface area contributed by atoms with Crippen molar-refractivity contribution in [3.8, 4) is 5.75 Å². The molecule has 0 aliphatic heterocycles. The Balaban J connectivity index is 1.95. The summed E-state index contributed by atoms with van der Waals surface area (Å²) in [6.45, 7) is 5.07. The van der Waals surface area contributed by atoms with Gasteiger partial charge in [-0.15, -0.1) is 0 Å². The number of carbonyl (C=O) groups is 1. The van der Waals surface area contributed by atoms with Crippen molar-refractivity contribution in [2.75, 3.05) is 25.6 Å². The minimum absolute atomic E-state index is 0.342. The monoisotopic (exact) mass is 299 g/mol. The lowest BCUT2D eigenvalue weighted by molar-refractivity contribution is 0.0601. The van der Waals surface area contributed by atoms with Gasteiger partial charge in [0.2, 0.25) is 0 Å². The molecule has 0 aliphatic rings. The minimum Gasteiger partial charge on any atom is -0.491 e. The normalized spacial score (nSPS) is 10.1. The van der Waals surface area contributed by atoms with Gasteiger partial charge in [0.15, 0.2) is 0 Å². The third-order valence-corrected chi connectivity index (χ3v) is 3.35. The zero-order chi connectivity index (χ0) is 15.9. The van der Waals surface area contributed by atoms with Crippen LogP contribution in [0.25, 0.3) is 0 Å². The van der Waals surface area contributed by atoms with Crippen molar-refractivity contribution in [1.82, 2.24) is 0 Å². The lowest BCUT2D eigenvalue weighted by Gasteiger charge is -2.13. The lowest BCUT2D eigenvalue weighted by atomic mass is 10.1. The van der Waals surface area contributed by atoms with Crippen molar-refractivity contribution in [2.24, 2.45) is 0 Å². The average molecular weight is 299 g/mol. The molecule has 116 valence electrons. The van der Waals surface area contributed by atoms with Crippen LogP contribution in [0.2, 0.25) is 0 Å². The summed E-state index contributed by atoms with van der Waals surface area (Å²) < 4.78 is 10.5. The number of ether oxygens (including phenoxy) is 2. The van der Waals surface area contributed by atoms with Gasteiger partial charge in [0, 0.05) is 12.2 Å². The molecular weight excluding hydrogens is 278 g/mol. The Morgan fingerprint density at radius 2 is 1.91 bits per heavy atom. The Morgan fingerprint density at radius 1 is 1.14 bits per heavy atom. The number of nitrogens with one attached hydrogen (secondary N) is 1. The number of hydrogen-bond acceptors (Lipinski definition) is 4. The highest BCUT2D eigenvalue weighted by Gasteiger charge is 2.11. The quantitative estimate of drug-likeness (QED) is 0.654. The van der Waals surface area contributed by atoms with Crippen molar-refractivity contribution >= 4 is 11.7 Å². The first-order valence-corrected chi connectivity index (χ1v) is 7.23. The van der Waals surface area contributed by atoms with Gasteiger partial charge >= 0.3 is 5.97 Å². The van der Waals surface area contributed by atoms with Crippen molar-refractivity contribution in [3.63, 3.8) is 0 Å². The zero-order valence-corrected chi connectivity index (χ0v) is 13.2. The molecule has 0 heterocycles. The molecule has 0 atom stereocenters. The molecular formula is C18H21NO3. The first-order valence-electron chi connectivity index (χ1n) is 7.23. The zero-order valence-electron chi connectivity index (χ0n) is 13.2. The molecule has 0 bridgehead atoms. The van der Waals surface area contributed by atoms with E-state index in [4.69, 9.17) is 9.47 Å². The highest BCUT2D eigenvalue weighted by atomic mass is 16.5. The maximum absolute atomic E-state index is 11.8. The number of hydrogen-bond donors (Lipinski definition) is 1. The van der Waals surface area contributed by atoms with Crippen LogP contribution in [-0.4, -0.2) is 26.2 Å². The summed E-state index contributed by atoms with van der Waals surface area (Å²) in [6.07, 6.45) is 0. The van der Waals surface area contributed by atoms with Crippen LogP contribution in [-0.2, 0) is 4.74 Å². The SMILES string of the molecule is COC(=O)c1cc(C)ccc1NCCOc1ccccc1C. The second-order valence-corrected chi connectivity index (χ2v) is 5.08. The van der Waals surface area contributed by atoms with E-state index >= 15 is 0 Å². The molecule has 0 spiro atoms. The van der Waals surface area contributed by atoms with E-state index in [0.717, 1.165) is 22.6 Å². The van der Waals surface area contributed by atoms with Crippen LogP contribution in [0.15, 0.2) is 42.5 Å². The van der Waals surface area contributed by atoms with E-state index in [1.165, 1.54) is 7.11 Å². The van der Waals surface area contributed by atoms with Crippen molar-refractivity contribution in [1.29, 1.82) is 0 Å². The summed E-state index contributed by atoms with van der Waals surface area (Å²) >= 11 is 0. The molecule has 4 heteroatoms. The highest BCUT2D eigenvalue weighted by molar-refractivity contribution is 5.95. The number of rotatable bonds is 6. The van der Waals surface area contributed by atoms with E-state index in [-0.39, 0.29) is 5.97 Å². The third-order valence-electron chi connectivity index (χ3n) is 3.35. The van der Waals surface area contributed by atoms with Gasteiger partial charge in [-0.3, -0.25) is 0 Å². The number of carbonyl (C=O) groups excluding carboxylic acids is 1. The van der Waals surface area contributed by atoms with Gasteiger partial charge in [-0.25, -0.2) is 4.79 Å². The smallest absolute Gasteiger partial charge is 0.339 e. The van der Waals surface area contributed by atoms with Crippen LogP contribution in [0.1, 0.15) is 21.5 Å². The molecule has 2 aromatic rings. The lowest BCUT2D eigenvalue weighted by Crippen LogP contribution is -2.15. The summed E-state index contributed by atoms with van der Waals surface area (Å²) in [5.74, 6) is 0.535. The molecule has 0 fully saturated rings. The van der Waals surface area contributed by atoms with E-state index in [1.807, 2.05) is 56.3 Å². The highest BCUT2D eigenvalue weighted by Crippen LogP contribution is 2.19. The Bertz CT molecular complexity index is 653. The van der Waals surface area contributed by atoms with E-state index in [0.29, 0.717) is 18.7 Å². The largest absolute Gasteiger partial charge is 0.491 e. The van der Waals surface area contributed by atoms with Gasteiger partial charge in [-0.1, -0.05) is 29.8 Å². The molecule has 4 nitrogen and oxygen atoms in total. The van der Waals surface area contributed by atoms with Crippen LogP contribution >= 0.6 is 0 Å². The molecule has 1 N–H and O–H groups in total. The van der Waals surface area contributed by atoms with Crippen LogP contribution in [0.4, 0.5) is 5.69 Å². The maximum atomic E-state index is 11.8. The number of para-hydroxylation sites is 1. The first-order chi connectivity index (χ1) is 10.6. The molecule has 22 heavy (non-hydrogen) atoms. The predicted octanol–water partition coefficient (Wildman–Crippen LogP) is 3.58. The Kier molecular flexibility index (Phi) is 5.42. The summed E-state index contributed by atoms with van der Waals surface area (Å²) in [5.41, 5.74) is 3.42. The van der Waals surface area contributed by atoms with Gasteiger partial charge in [-0.05, 0) is 37.6 Å². The molecule has 0 saturated carbocycles. The molecule has 0 amide bonds. The second-order valence-electron chi connectivity index (χ2n) is 5.08. The van der Waals surface area contributed by atoms with Crippen LogP contribution in [0, 0.1) is 13.8 Å². The molecule has 0 unspecified atom stereocenters. The van der Waals surface area contributed by atoms with Crippen LogP contribution < -0.4 is 10.1 Å². The molecule has 0 radical (unpaired) electrons. The fourth-order valence-electron chi connectivity index (χ4n) is 2.16. The Labute approximate surface area is 131 Å². The fourth-order valence-corrected chi connectivity index (χ4v) is 2.16. The first kappa shape index (κ1) is 15.9. The van der Waals surface area contributed by atoms with E-state index < -0.39 is 0 Å². The second kappa shape index (κ2) is 7.50. The number of benzene rings is 2. The predicted molar refractivity (Wildman–Crippen MR) is 87.7 cm³/mol. The van der Waals surface area contributed by atoms with Gasteiger partial charge in [-0.2, -0.15) is 0 Å². The summed E-state index contributed by atoms with van der Waals surface area (Å²) in [4.78, 5) is 11.8. The summed E-state index contributed by atoms with van der Waals surface area (Å²) in [7, 11) is 1.38. The number of aryl methyl sites for hydroxylation is 2. The third kappa shape index (κ3) is 4.01. The van der Waals surface area contributed by atoms with Gasteiger partial charge in [0.1, 0.15) is 12.4 Å². The van der Waals surface area contributed by atoms with Gasteiger partial charge < -0.3 is 14.8 Å². The van der Waals surface area contributed by atoms with E-state index in [9.17, 15) is 4.79 Å². The van der Waals surface area contributed by atoms with E-state index in [1.54, 1.807) is 0 Å². The summed E-state index contributed by atoms with van der Waals surface area (Å²) in [5, 5.41) is 3.22.